The summed E-state index contributed by atoms with van der Waals surface area (Å²) in [6.45, 7) is 1.89. The van der Waals surface area contributed by atoms with Gasteiger partial charge in [0.25, 0.3) is 0 Å². The predicted octanol–water partition coefficient (Wildman–Crippen LogP) is 2.54. The molecule has 0 spiro atoms. The van der Waals surface area contributed by atoms with E-state index in [0.29, 0.717) is 42.5 Å². The van der Waals surface area contributed by atoms with Crippen LogP contribution in [0.1, 0.15) is 12.8 Å². The standard InChI is InChI=1S/C17H19ClF3N3O2/c18-12-3-1-4-13(11-12)22-7-9-23(10-8-22)15(25)14-5-2-6-24(14)16(26)17(19,20)21/h1,3-4,11,14H,2,5-10H2. The number of anilines is 1. The normalized spacial score (nSPS) is 21.2. The highest BCUT2D eigenvalue weighted by Crippen LogP contribution is 2.27. The van der Waals surface area contributed by atoms with E-state index in [1.165, 1.54) is 0 Å². The van der Waals surface area contributed by atoms with Crippen molar-refractivity contribution in [2.75, 3.05) is 37.6 Å². The van der Waals surface area contributed by atoms with Crippen LogP contribution >= 0.6 is 11.6 Å². The topological polar surface area (TPSA) is 43.9 Å². The number of amides is 2. The second kappa shape index (κ2) is 7.34. The summed E-state index contributed by atoms with van der Waals surface area (Å²) in [5.41, 5.74) is 0.944. The lowest BCUT2D eigenvalue weighted by Gasteiger charge is -2.38. The summed E-state index contributed by atoms with van der Waals surface area (Å²) in [7, 11) is 0. The van der Waals surface area contributed by atoms with E-state index in [9.17, 15) is 22.8 Å². The quantitative estimate of drug-likeness (QED) is 0.780. The van der Waals surface area contributed by atoms with E-state index in [1.807, 2.05) is 18.2 Å². The summed E-state index contributed by atoms with van der Waals surface area (Å²) >= 11 is 5.99. The maximum absolute atomic E-state index is 12.7. The molecule has 9 heteroatoms. The highest BCUT2D eigenvalue weighted by atomic mass is 35.5. The van der Waals surface area contributed by atoms with E-state index < -0.39 is 24.0 Å². The number of carbonyl (C=O) groups is 2. The van der Waals surface area contributed by atoms with Crippen LogP contribution in [0.25, 0.3) is 0 Å². The maximum Gasteiger partial charge on any atom is 0.471 e. The fourth-order valence-electron chi connectivity index (χ4n) is 3.50. The number of nitrogens with zero attached hydrogens (tertiary/aromatic N) is 3. The highest BCUT2D eigenvalue weighted by Gasteiger charge is 2.48. The minimum Gasteiger partial charge on any atom is -0.368 e. The number of hydrogen-bond donors (Lipinski definition) is 0. The number of benzene rings is 1. The molecule has 0 saturated carbocycles. The van der Waals surface area contributed by atoms with Gasteiger partial charge in [-0.25, -0.2) is 0 Å². The minimum atomic E-state index is -4.95. The minimum absolute atomic E-state index is 0.0305. The number of halogens is 4. The van der Waals surface area contributed by atoms with Crippen molar-refractivity contribution in [2.24, 2.45) is 0 Å². The molecule has 0 aromatic heterocycles. The average Bonchev–Trinajstić information content (AvgIpc) is 3.09. The first-order valence-electron chi connectivity index (χ1n) is 8.44. The lowest BCUT2D eigenvalue weighted by atomic mass is 10.1. The summed E-state index contributed by atoms with van der Waals surface area (Å²) in [5, 5.41) is 0.619. The largest absolute Gasteiger partial charge is 0.471 e. The Bertz CT molecular complexity index is 690. The van der Waals surface area contributed by atoms with Crippen LogP contribution < -0.4 is 4.90 Å². The van der Waals surface area contributed by atoms with Gasteiger partial charge in [0.05, 0.1) is 0 Å². The molecular formula is C17H19ClF3N3O2. The molecule has 142 valence electrons. The van der Waals surface area contributed by atoms with Crippen molar-refractivity contribution in [2.45, 2.75) is 25.1 Å². The number of alkyl halides is 3. The van der Waals surface area contributed by atoms with Crippen LogP contribution in [0, 0.1) is 0 Å². The molecule has 1 aromatic rings. The molecule has 2 amide bonds. The van der Waals surface area contributed by atoms with Gasteiger partial charge in [0, 0.05) is 43.4 Å². The second-order valence-electron chi connectivity index (χ2n) is 6.45. The third-order valence-electron chi connectivity index (χ3n) is 4.81. The second-order valence-corrected chi connectivity index (χ2v) is 6.88. The van der Waals surface area contributed by atoms with E-state index in [-0.39, 0.29) is 13.0 Å². The van der Waals surface area contributed by atoms with Crippen molar-refractivity contribution >= 4 is 29.1 Å². The first-order valence-corrected chi connectivity index (χ1v) is 8.82. The van der Waals surface area contributed by atoms with E-state index in [1.54, 1.807) is 11.0 Å². The SMILES string of the molecule is O=C(C1CCCN1C(=O)C(F)(F)F)N1CCN(c2cccc(Cl)c2)CC1. The first kappa shape index (κ1) is 18.8. The number of carbonyl (C=O) groups excluding carboxylic acids is 2. The lowest BCUT2D eigenvalue weighted by Crippen LogP contribution is -2.55. The number of likely N-dealkylation sites (tertiary alicyclic amines) is 1. The van der Waals surface area contributed by atoms with Gasteiger partial charge in [-0.15, -0.1) is 0 Å². The van der Waals surface area contributed by atoms with Crippen molar-refractivity contribution in [3.05, 3.63) is 29.3 Å². The van der Waals surface area contributed by atoms with Gasteiger partial charge in [-0.2, -0.15) is 13.2 Å². The zero-order chi connectivity index (χ0) is 18.9. The Labute approximate surface area is 154 Å². The van der Waals surface area contributed by atoms with Crippen molar-refractivity contribution in [3.8, 4) is 0 Å². The fraction of sp³-hybridized carbons (Fsp3) is 0.529. The molecule has 3 rings (SSSR count). The molecule has 1 atom stereocenters. The molecular weight excluding hydrogens is 371 g/mol. The highest BCUT2D eigenvalue weighted by molar-refractivity contribution is 6.30. The van der Waals surface area contributed by atoms with Gasteiger partial charge in [-0.3, -0.25) is 9.59 Å². The van der Waals surface area contributed by atoms with Crippen LogP contribution in [-0.4, -0.2) is 66.6 Å². The van der Waals surface area contributed by atoms with Crippen LogP contribution in [-0.2, 0) is 9.59 Å². The van der Waals surface area contributed by atoms with Crippen molar-refractivity contribution in [1.29, 1.82) is 0 Å². The Morgan fingerprint density at radius 2 is 1.77 bits per heavy atom. The van der Waals surface area contributed by atoms with Crippen LogP contribution in [0.2, 0.25) is 5.02 Å². The molecule has 0 bridgehead atoms. The fourth-order valence-corrected chi connectivity index (χ4v) is 3.68. The predicted molar refractivity (Wildman–Crippen MR) is 91.0 cm³/mol. The van der Waals surface area contributed by atoms with E-state index in [4.69, 9.17) is 11.6 Å². The van der Waals surface area contributed by atoms with Gasteiger partial charge in [0.1, 0.15) is 6.04 Å². The van der Waals surface area contributed by atoms with Gasteiger partial charge in [0.15, 0.2) is 0 Å². The molecule has 26 heavy (non-hydrogen) atoms. The molecule has 0 radical (unpaired) electrons. The van der Waals surface area contributed by atoms with Crippen molar-refractivity contribution < 1.29 is 22.8 Å². The van der Waals surface area contributed by atoms with Gasteiger partial charge in [0.2, 0.25) is 5.91 Å². The monoisotopic (exact) mass is 389 g/mol. The first-order chi connectivity index (χ1) is 12.3. The number of rotatable bonds is 2. The summed E-state index contributed by atoms with van der Waals surface area (Å²) < 4.78 is 38.2. The number of hydrogen-bond acceptors (Lipinski definition) is 3. The zero-order valence-electron chi connectivity index (χ0n) is 14.0. The Morgan fingerprint density at radius 1 is 1.08 bits per heavy atom. The molecule has 2 fully saturated rings. The van der Waals surface area contributed by atoms with Crippen molar-refractivity contribution in [1.82, 2.24) is 9.80 Å². The zero-order valence-corrected chi connectivity index (χ0v) is 14.8. The molecule has 2 aliphatic heterocycles. The van der Waals surface area contributed by atoms with Gasteiger partial charge in [-0.05, 0) is 31.0 Å². The molecule has 5 nitrogen and oxygen atoms in total. The summed E-state index contributed by atoms with van der Waals surface area (Å²) in [6, 6.07) is 6.36. The summed E-state index contributed by atoms with van der Waals surface area (Å²) in [5.74, 6) is -2.32. The van der Waals surface area contributed by atoms with Gasteiger partial charge < -0.3 is 14.7 Å². The van der Waals surface area contributed by atoms with Gasteiger partial charge in [-0.1, -0.05) is 17.7 Å². The van der Waals surface area contributed by atoms with Crippen LogP contribution in [0.4, 0.5) is 18.9 Å². The molecule has 1 aromatic carbocycles. The molecule has 1 unspecified atom stereocenters. The van der Waals surface area contributed by atoms with Gasteiger partial charge >= 0.3 is 12.1 Å². The summed E-state index contributed by atoms with van der Waals surface area (Å²) in [4.78, 5) is 28.5. The maximum atomic E-state index is 12.7. The van der Waals surface area contributed by atoms with Crippen LogP contribution in [0.3, 0.4) is 0 Å². The molecule has 0 N–H and O–H groups in total. The third kappa shape index (κ3) is 3.90. The average molecular weight is 390 g/mol. The Hall–Kier alpha value is -1.96. The smallest absolute Gasteiger partial charge is 0.368 e. The number of piperazine rings is 1. The van der Waals surface area contributed by atoms with E-state index >= 15 is 0 Å². The lowest BCUT2D eigenvalue weighted by molar-refractivity contribution is -0.187. The van der Waals surface area contributed by atoms with Crippen molar-refractivity contribution in [3.63, 3.8) is 0 Å². The van der Waals surface area contributed by atoms with E-state index in [2.05, 4.69) is 4.90 Å². The molecule has 2 aliphatic rings. The molecule has 0 aliphatic carbocycles. The van der Waals surface area contributed by atoms with Crippen LogP contribution in [0.5, 0.6) is 0 Å². The Morgan fingerprint density at radius 3 is 2.38 bits per heavy atom. The van der Waals surface area contributed by atoms with Crippen LogP contribution in [0.15, 0.2) is 24.3 Å². The Kier molecular flexibility index (Phi) is 5.32. The Balaban J connectivity index is 1.62. The third-order valence-corrected chi connectivity index (χ3v) is 5.04. The molecule has 2 heterocycles. The van der Waals surface area contributed by atoms with E-state index in [0.717, 1.165) is 5.69 Å². The summed E-state index contributed by atoms with van der Waals surface area (Å²) in [6.07, 6.45) is -4.27. The molecule has 2 saturated heterocycles.